The SMILES string of the molecule is CC(C)C(N)CCc1ccc2ncccc2c1. The number of benzene rings is 1. The maximum absolute atomic E-state index is 6.06. The third kappa shape index (κ3) is 3.04. The minimum Gasteiger partial charge on any atom is -0.327 e. The first kappa shape index (κ1) is 12.1. The van der Waals surface area contributed by atoms with E-state index in [1.165, 1.54) is 10.9 Å². The van der Waals surface area contributed by atoms with Crippen molar-refractivity contribution in [1.29, 1.82) is 0 Å². The van der Waals surface area contributed by atoms with E-state index >= 15 is 0 Å². The number of hydrogen-bond acceptors (Lipinski definition) is 2. The lowest BCUT2D eigenvalue weighted by molar-refractivity contribution is 0.464. The number of pyridine rings is 1. The maximum atomic E-state index is 6.06. The Morgan fingerprint density at radius 3 is 2.82 bits per heavy atom. The fourth-order valence-corrected chi connectivity index (χ4v) is 1.95. The van der Waals surface area contributed by atoms with Gasteiger partial charge in [-0.05, 0) is 42.5 Å². The van der Waals surface area contributed by atoms with Gasteiger partial charge in [-0.1, -0.05) is 26.0 Å². The fraction of sp³-hybridized carbons (Fsp3) is 0.400. The van der Waals surface area contributed by atoms with Crippen LogP contribution in [0, 0.1) is 5.92 Å². The van der Waals surface area contributed by atoms with E-state index in [1.54, 1.807) is 0 Å². The van der Waals surface area contributed by atoms with Crippen molar-refractivity contribution < 1.29 is 0 Å². The van der Waals surface area contributed by atoms with Crippen LogP contribution in [0.1, 0.15) is 25.8 Å². The van der Waals surface area contributed by atoms with Gasteiger partial charge in [-0.15, -0.1) is 0 Å². The summed E-state index contributed by atoms with van der Waals surface area (Å²) in [5, 5.41) is 1.21. The fourth-order valence-electron chi connectivity index (χ4n) is 1.95. The molecule has 0 saturated carbocycles. The second-order valence-corrected chi connectivity index (χ2v) is 4.98. The first-order valence-corrected chi connectivity index (χ1v) is 6.26. The van der Waals surface area contributed by atoms with Crippen molar-refractivity contribution in [3.8, 4) is 0 Å². The molecule has 0 bridgehead atoms. The van der Waals surface area contributed by atoms with E-state index in [-0.39, 0.29) is 0 Å². The molecule has 0 aliphatic heterocycles. The van der Waals surface area contributed by atoms with Gasteiger partial charge < -0.3 is 5.73 Å². The average molecular weight is 228 g/mol. The number of fused-ring (bicyclic) bond motifs is 1. The Hall–Kier alpha value is -1.41. The van der Waals surface area contributed by atoms with Gasteiger partial charge in [-0.25, -0.2) is 0 Å². The summed E-state index contributed by atoms with van der Waals surface area (Å²) in [5.41, 5.74) is 8.47. The molecule has 0 aliphatic carbocycles. The van der Waals surface area contributed by atoms with E-state index in [0.29, 0.717) is 12.0 Å². The molecule has 0 amide bonds. The summed E-state index contributed by atoms with van der Waals surface area (Å²) in [5.74, 6) is 0.553. The van der Waals surface area contributed by atoms with Gasteiger partial charge in [-0.3, -0.25) is 4.98 Å². The van der Waals surface area contributed by atoms with Gasteiger partial charge in [0.2, 0.25) is 0 Å². The first-order chi connectivity index (χ1) is 8.16. The second kappa shape index (κ2) is 5.28. The molecule has 0 radical (unpaired) electrons. The van der Waals surface area contributed by atoms with Crippen LogP contribution >= 0.6 is 0 Å². The summed E-state index contributed by atoms with van der Waals surface area (Å²) in [4.78, 5) is 4.32. The molecule has 0 aliphatic rings. The molecule has 17 heavy (non-hydrogen) atoms. The van der Waals surface area contributed by atoms with Crippen LogP contribution in [-0.4, -0.2) is 11.0 Å². The van der Waals surface area contributed by atoms with Crippen LogP contribution in [0.5, 0.6) is 0 Å². The van der Waals surface area contributed by atoms with Crippen LogP contribution < -0.4 is 5.73 Å². The highest BCUT2D eigenvalue weighted by Crippen LogP contribution is 2.16. The van der Waals surface area contributed by atoms with Crippen molar-refractivity contribution in [2.75, 3.05) is 0 Å². The molecular weight excluding hydrogens is 208 g/mol. The lowest BCUT2D eigenvalue weighted by Gasteiger charge is -2.15. The van der Waals surface area contributed by atoms with Gasteiger partial charge in [0.25, 0.3) is 0 Å². The highest BCUT2D eigenvalue weighted by atomic mass is 14.6. The molecule has 2 nitrogen and oxygen atoms in total. The molecule has 1 atom stereocenters. The number of aryl methyl sites for hydroxylation is 1. The summed E-state index contributed by atoms with van der Waals surface area (Å²) in [6.45, 7) is 4.35. The van der Waals surface area contributed by atoms with E-state index < -0.39 is 0 Å². The standard InChI is InChI=1S/C15H20N2/c1-11(2)14(16)7-5-12-6-8-15-13(10-12)4-3-9-17-15/h3-4,6,8-11,14H,5,7,16H2,1-2H3. The van der Waals surface area contributed by atoms with Crippen LogP contribution in [0.2, 0.25) is 0 Å². The van der Waals surface area contributed by atoms with E-state index in [2.05, 4.69) is 43.1 Å². The highest BCUT2D eigenvalue weighted by molar-refractivity contribution is 5.78. The van der Waals surface area contributed by atoms with Gasteiger partial charge in [0.15, 0.2) is 0 Å². The van der Waals surface area contributed by atoms with Gasteiger partial charge in [0, 0.05) is 17.6 Å². The molecule has 2 aromatic rings. The van der Waals surface area contributed by atoms with Gasteiger partial charge in [-0.2, -0.15) is 0 Å². The Kier molecular flexibility index (Phi) is 3.75. The van der Waals surface area contributed by atoms with E-state index in [0.717, 1.165) is 18.4 Å². The Bertz CT molecular complexity index is 491. The monoisotopic (exact) mass is 228 g/mol. The smallest absolute Gasteiger partial charge is 0.0702 e. The molecule has 90 valence electrons. The van der Waals surface area contributed by atoms with Crippen molar-refractivity contribution >= 4 is 10.9 Å². The quantitative estimate of drug-likeness (QED) is 0.873. The summed E-state index contributed by atoms with van der Waals surface area (Å²) < 4.78 is 0. The maximum Gasteiger partial charge on any atom is 0.0702 e. The van der Waals surface area contributed by atoms with Crippen molar-refractivity contribution in [3.05, 3.63) is 42.1 Å². The van der Waals surface area contributed by atoms with E-state index in [1.807, 2.05) is 12.3 Å². The molecular formula is C15H20N2. The molecule has 1 aromatic carbocycles. The minimum absolute atomic E-state index is 0.291. The molecule has 1 unspecified atom stereocenters. The molecule has 1 aromatic heterocycles. The Morgan fingerprint density at radius 2 is 2.06 bits per heavy atom. The topological polar surface area (TPSA) is 38.9 Å². The number of nitrogens with zero attached hydrogens (tertiary/aromatic N) is 1. The van der Waals surface area contributed by atoms with E-state index in [4.69, 9.17) is 5.73 Å². The van der Waals surface area contributed by atoms with E-state index in [9.17, 15) is 0 Å². The van der Waals surface area contributed by atoms with Crippen LogP contribution in [0.4, 0.5) is 0 Å². The van der Waals surface area contributed by atoms with Crippen LogP contribution in [-0.2, 0) is 6.42 Å². The summed E-state index contributed by atoms with van der Waals surface area (Å²) in [7, 11) is 0. The minimum atomic E-state index is 0.291. The van der Waals surface area contributed by atoms with Crippen molar-refractivity contribution in [3.63, 3.8) is 0 Å². The third-order valence-electron chi connectivity index (χ3n) is 3.29. The lowest BCUT2D eigenvalue weighted by Crippen LogP contribution is -2.26. The van der Waals surface area contributed by atoms with Gasteiger partial charge >= 0.3 is 0 Å². The molecule has 0 saturated heterocycles. The Morgan fingerprint density at radius 1 is 1.24 bits per heavy atom. The highest BCUT2D eigenvalue weighted by Gasteiger charge is 2.07. The van der Waals surface area contributed by atoms with Gasteiger partial charge in [0.05, 0.1) is 5.52 Å². The molecule has 1 heterocycles. The van der Waals surface area contributed by atoms with Crippen LogP contribution in [0.15, 0.2) is 36.5 Å². The van der Waals surface area contributed by atoms with Crippen LogP contribution in [0.3, 0.4) is 0 Å². The van der Waals surface area contributed by atoms with Crippen molar-refractivity contribution in [1.82, 2.24) is 4.98 Å². The average Bonchev–Trinajstić information content (AvgIpc) is 2.35. The largest absolute Gasteiger partial charge is 0.327 e. The third-order valence-corrected chi connectivity index (χ3v) is 3.29. The number of aromatic nitrogens is 1. The summed E-state index contributed by atoms with van der Waals surface area (Å²) in [6, 6.07) is 10.8. The number of hydrogen-bond donors (Lipinski definition) is 1. The van der Waals surface area contributed by atoms with Crippen molar-refractivity contribution in [2.24, 2.45) is 11.7 Å². The zero-order valence-electron chi connectivity index (χ0n) is 10.6. The number of rotatable bonds is 4. The normalized spacial score (nSPS) is 13.2. The van der Waals surface area contributed by atoms with Crippen molar-refractivity contribution in [2.45, 2.75) is 32.7 Å². The second-order valence-electron chi connectivity index (χ2n) is 4.98. The Labute approximate surface area is 103 Å². The molecule has 0 fully saturated rings. The summed E-state index contributed by atoms with van der Waals surface area (Å²) in [6.07, 6.45) is 3.92. The number of nitrogens with two attached hydrogens (primary N) is 1. The van der Waals surface area contributed by atoms with Gasteiger partial charge in [0.1, 0.15) is 0 Å². The zero-order valence-corrected chi connectivity index (χ0v) is 10.6. The zero-order chi connectivity index (χ0) is 12.3. The lowest BCUT2D eigenvalue weighted by atomic mass is 9.97. The first-order valence-electron chi connectivity index (χ1n) is 6.26. The molecule has 2 heteroatoms. The predicted molar refractivity (Wildman–Crippen MR) is 72.9 cm³/mol. The van der Waals surface area contributed by atoms with Crippen LogP contribution in [0.25, 0.3) is 10.9 Å². The summed E-state index contributed by atoms with van der Waals surface area (Å²) >= 11 is 0. The Balaban J connectivity index is 2.09. The molecule has 2 rings (SSSR count). The molecule has 2 N–H and O–H groups in total. The predicted octanol–water partition coefficient (Wildman–Crippen LogP) is 3.15. The molecule has 0 spiro atoms.